The molecule has 0 saturated carbocycles. The lowest BCUT2D eigenvalue weighted by Gasteiger charge is -2.11. The Morgan fingerprint density at radius 2 is 2.16 bits per heavy atom. The number of rotatable bonds is 6. The van der Waals surface area contributed by atoms with Gasteiger partial charge in [0.25, 0.3) is 0 Å². The quantitative estimate of drug-likeness (QED) is 0.861. The van der Waals surface area contributed by atoms with Crippen LogP contribution in [0.1, 0.15) is 18.9 Å². The zero-order valence-corrected chi connectivity index (χ0v) is 11.7. The Morgan fingerprint density at radius 3 is 2.95 bits per heavy atom. The van der Waals surface area contributed by atoms with Gasteiger partial charge in [0.2, 0.25) is 0 Å². The Bertz CT molecular complexity index is 531. The summed E-state index contributed by atoms with van der Waals surface area (Å²) in [4.78, 5) is 4.33. The zero-order chi connectivity index (χ0) is 13.5. The van der Waals surface area contributed by atoms with Crippen molar-refractivity contribution in [3.63, 3.8) is 0 Å². The predicted octanol–water partition coefficient (Wildman–Crippen LogP) is 4.14. The Hall–Kier alpha value is -1.74. The highest BCUT2D eigenvalue weighted by atomic mass is 35.5. The van der Waals surface area contributed by atoms with Gasteiger partial charge < -0.3 is 10.1 Å². The Labute approximate surface area is 118 Å². The molecule has 0 amide bonds. The first-order chi connectivity index (χ1) is 9.29. The number of benzene rings is 1. The summed E-state index contributed by atoms with van der Waals surface area (Å²) >= 11 is 5.92. The van der Waals surface area contributed by atoms with Gasteiger partial charge in [0.15, 0.2) is 0 Å². The molecule has 0 spiro atoms. The normalized spacial score (nSPS) is 10.2. The van der Waals surface area contributed by atoms with Gasteiger partial charge in [-0.15, -0.1) is 0 Å². The minimum Gasteiger partial charge on any atom is -0.489 e. The van der Waals surface area contributed by atoms with E-state index in [1.165, 1.54) is 0 Å². The third-order valence-electron chi connectivity index (χ3n) is 2.62. The van der Waals surface area contributed by atoms with Crippen LogP contribution < -0.4 is 10.1 Å². The second-order valence-electron chi connectivity index (χ2n) is 4.18. The van der Waals surface area contributed by atoms with E-state index in [9.17, 15) is 0 Å². The molecule has 0 atom stereocenters. The summed E-state index contributed by atoms with van der Waals surface area (Å²) in [7, 11) is 0. The molecular formula is C15H17ClN2O. The molecule has 4 heteroatoms. The summed E-state index contributed by atoms with van der Waals surface area (Å²) < 4.78 is 5.73. The lowest BCUT2D eigenvalue weighted by atomic mass is 10.2. The molecule has 0 radical (unpaired) electrons. The number of hydrogen-bond donors (Lipinski definition) is 1. The molecule has 0 aliphatic heterocycles. The number of nitrogens with one attached hydrogen (secondary N) is 1. The zero-order valence-electron chi connectivity index (χ0n) is 10.9. The van der Waals surface area contributed by atoms with Crippen LogP contribution in [0.15, 0.2) is 42.6 Å². The van der Waals surface area contributed by atoms with Gasteiger partial charge in [-0.05, 0) is 30.7 Å². The summed E-state index contributed by atoms with van der Waals surface area (Å²) in [6.07, 6.45) is 2.84. The number of hydrogen-bond acceptors (Lipinski definition) is 3. The first-order valence-corrected chi connectivity index (χ1v) is 6.73. The molecular weight excluding hydrogens is 260 g/mol. The van der Waals surface area contributed by atoms with E-state index in [0.29, 0.717) is 11.6 Å². The van der Waals surface area contributed by atoms with E-state index in [-0.39, 0.29) is 0 Å². The second-order valence-corrected chi connectivity index (χ2v) is 4.62. The number of anilines is 1. The summed E-state index contributed by atoms with van der Waals surface area (Å²) in [5.41, 5.74) is 1.04. The minimum absolute atomic E-state index is 0.472. The first kappa shape index (κ1) is 13.7. The van der Waals surface area contributed by atoms with Gasteiger partial charge in [0.1, 0.15) is 18.2 Å². The fourth-order valence-corrected chi connectivity index (χ4v) is 1.86. The van der Waals surface area contributed by atoms with Crippen LogP contribution in [-0.4, -0.2) is 11.5 Å². The van der Waals surface area contributed by atoms with Crippen molar-refractivity contribution in [2.75, 3.05) is 11.9 Å². The summed E-state index contributed by atoms with van der Waals surface area (Å²) in [5.74, 6) is 1.64. The maximum Gasteiger partial charge on any atom is 0.132 e. The van der Waals surface area contributed by atoms with E-state index in [2.05, 4.69) is 17.2 Å². The lowest BCUT2D eigenvalue weighted by Crippen LogP contribution is -2.07. The van der Waals surface area contributed by atoms with E-state index in [0.717, 1.165) is 30.1 Å². The fraction of sp³-hybridized carbons (Fsp3) is 0.267. The molecule has 0 aliphatic carbocycles. The van der Waals surface area contributed by atoms with Crippen LogP contribution in [0.4, 0.5) is 5.82 Å². The van der Waals surface area contributed by atoms with Gasteiger partial charge in [0, 0.05) is 23.3 Å². The Morgan fingerprint density at radius 1 is 1.26 bits per heavy atom. The number of pyridine rings is 1. The summed E-state index contributed by atoms with van der Waals surface area (Å²) in [6, 6.07) is 11.3. The van der Waals surface area contributed by atoms with Gasteiger partial charge in [0.05, 0.1) is 0 Å². The Kier molecular flexibility index (Phi) is 5.04. The highest BCUT2D eigenvalue weighted by Gasteiger charge is 2.03. The topological polar surface area (TPSA) is 34.2 Å². The molecule has 1 N–H and O–H groups in total. The maximum absolute atomic E-state index is 5.92. The molecule has 1 aromatic carbocycles. The van der Waals surface area contributed by atoms with Crippen molar-refractivity contribution in [1.82, 2.24) is 4.98 Å². The van der Waals surface area contributed by atoms with Crippen LogP contribution >= 0.6 is 11.6 Å². The molecule has 0 saturated heterocycles. The van der Waals surface area contributed by atoms with Crippen LogP contribution in [0.25, 0.3) is 0 Å². The number of nitrogens with zero attached hydrogens (tertiary/aromatic N) is 1. The molecule has 2 aromatic rings. The van der Waals surface area contributed by atoms with E-state index < -0.39 is 0 Å². The largest absolute Gasteiger partial charge is 0.489 e. The molecule has 1 aromatic heterocycles. The molecule has 0 bridgehead atoms. The predicted molar refractivity (Wildman–Crippen MR) is 78.8 cm³/mol. The van der Waals surface area contributed by atoms with Crippen molar-refractivity contribution in [2.45, 2.75) is 20.0 Å². The molecule has 0 aliphatic rings. The summed E-state index contributed by atoms with van der Waals surface area (Å²) in [6.45, 7) is 3.50. The van der Waals surface area contributed by atoms with Crippen molar-refractivity contribution in [3.05, 3.63) is 53.2 Å². The molecule has 2 rings (SSSR count). The van der Waals surface area contributed by atoms with Crippen molar-refractivity contribution in [2.24, 2.45) is 0 Å². The SMILES string of the molecule is CCCNc1ncccc1COc1cccc(Cl)c1. The molecule has 0 fully saturated rings. The number of ether oxygens (including phenoxy) is 1. The van der Waals surface area contributed by atoms with E-state index in [1.807, 2.05) is 30.3 Å². The van der Waals surface area contributed by atoms with Crippen LogP contribution in [0.2, 0.25) is 5.02 Å². The Balaban J connectivity index is 2.02. The number of aromatic nitrogens is 1. The first-order valence-electron chi connectivity index (χ1n) is 6.35. The third kappa shape index (κ3) is 4.14. The van der Waals surface area contributed by atoms with Crippen LogP contribution in [0.5, 0.6) is 5.75 Å². The average molecular weight is 277 g/mol. The van der Waals surface area contributed by atoms with Gasteiger partial charge in [-0.3, -0.25) is 0 Å². The molecule has 1 heterocycles. The highest BCUT2D eigenvalue weighted by Crippen LogP contribution is 2.20. The third-order valence-corrected chi connectivity index (χ3v) is 2.86. The summed E-state index contributed by atoms with van der Waals surface area (Å²) in [5, 5.41) is 3.97. The minimum atomic E-state index is 0.472. The van der Waals surface area contributed by atoms with E-state index >= 15 is 0 Å². The van der Waals surface area contributed by atoms with Gasteiger partial charge >= 0.3 is 0 Å². The van der Waals surface area contributed by atoms with Crippen molar-refractivity contribution in [3.8, 4) is 5.75 Å². The van der Waals surface area contributed by atoms with Crippen molar-refractivity contribution < 1.29 is 4.74 Å². The van der Waals surface area contributed by atoms with Crippen LogP contribution in [0, 0.1) is 0 Å². The van der Waals surface area contributed by atoms with Gasteiger partial charge in [-0.1, -0.05) is 30.7 Å². The monoisotopic (exact) mass is 276 g/mol. The molecule has 100 valence electrons. The van der Waals surface area contributed by atoms with E-state index in [1.54, 1.807) is 12.3 Å². The highest BCUT2D eigenvalue weighted by molar-refractivity contribution is 6.30. The van der Waals surface area contributed by atoms with E-state index in [4.69, 9.17) is 16.3 Å². The van der Waals surface area contributed by atoms with Gasteiger partial charge in [-0.2, -0.15) is 0 Å². The van der Waals surface area contributed by atoms with Crippen LogP contribution in [-0.2, 0) is 6.61 Å². The van der Waals surface area contributed by atoms with Crippen molar-refractivity contribution >= 4 is 17.4 Å². The van der Waals surface area contributed by atoms with Crippen LogP contribution in [0.3, 0.4) is 0 Å². The molecule has 3 nitrogen and oxygen atoms in total. The smallest absolute Gasteiger partial charge is 0.132 e. The maximum atomic E-state index is 5.92. The molecule has 0 unspecified atom stereocenters. The fourth-order valence-electron chi connectivity index (χ4n) is 1.68. The standard InChI is InChI=1S/C15H17ClN2O/c1-2-8-17-15-12(5-4-9-18-15)11-19-14-7-3-6-13(16)10-14/h3-7,9-10H,2,8,11H2,1H3,(H,17,18). The van der Waals surface area contributed by atoms with Crippen molar-refractivity contribution in [1.29, 1.82) is 0 Å². The van der Waals surface area contributed by atoms with Gasteiger partial charge in [-0.25, -0.2) is 4.98 Å². The lowest BCUT2D eigenvalue weighted by molar-refractivity contribution is 0.306. The molecule has 19 heavy (non-hydrogen) atoms. The average Bonchev–Trinajstić information content (AvgIpc) is 2.44. The number of halogens is 1. The second kappa shape index (κ2) is 7.00.